The number of rotatable bonds is 5. The van der Waals surface area contributed by atoms with Crippen molar-refractivity contribution in [2.45, 2.75) is 12.8 Å². The molecule has 0 saturated carbocycles. The number of para-hydroxylation sites is 2. The fourth-order valence-electron chi connectivity index (χ4n) is 1.65. The zero-order valence-corrected chi connectivity index (χ0v) is 9.57. The van der Waals surface area contributed by atoms with Gasteiger partial charge in [0.25, 0.3) is 0 Å². The van der Waals surface area contributed by atoms with Gasteiger partial charge in [0.15, 0.2) is 0 Å². The van der Waals surface area contributed by atoms with Crippen LogP contribution in [-0.4, -0.2) is 22.4 Å². The average Bonchev–Trinajstić information content (AvgIpc) is 2.71. The number of nitrogens with zero attached hydrogens (tertiary/aromatic N) is 1. The predicted octanol–water partition coefficient (Wildman–Crippen LogP) is 1.80. The summed E-state index contributed by atoms with van der Waals surface area (Å²) in [6, 6.07) is 7.88. The Kier molecular flexibility index (Phi) is 3.55. The number of nitrogens with one attached hydrogen (secondary N) is 2. The molecule has 88 valence electrons. The summed E-state index contributed by atoms with van der Waals surface area (Å²) in [6.45, 7) is 4.11. The summed E-state index contributed by atoms with van der Waals surface area (Å²) < 4.78 is 0. The van der Waals surface area contributed by atoms with E-state index in [1.54, 1.807) is 6.08 Å². The minimum Gasteiger partial charge on any atom is -0.355 e. The molecule has 0 atom stereocenters. The zero-order chi connectivity index (χ0) is 12.1. The Hall–Kier alpha value is -2.10. The SMILES string of the molecule is C=CCC(=O)NCCc1nc2ccccc2[nH]1. The monoisotopic (exact) mass is 229 g/mol. The normalized spacial score (nSPS) is 10.4. The van der Waals surface area contributed by atoms with Gasteiger partial charge in [0.1, 0.15) is 5.82 Å². The third-order valence-electron chi connectivity index (χ3n) is 2.45. The van der Waals surface area contributed by atoms with Crippen molar-refractivity contribution in [3.63, 3.8) is 0 Å². The number of H-pyrrole nitrogens is 1. The van der Waals surface area contributed by atoms with Crippen molar-refractivity contribution < 1.29 is 4.79 Å². The summed E-state index contributed by atoms with van der Waals surface area (Å²) in [5.74, 6) is 0.890. The van der Waals surface area contributed by atoms with Crippen LogP contribution in [0.3, 0.4) is 0 Å². The molecule has 0 radical (unpaired) electrons. The first-order chi connectivity index (χ1) is 8.29. The number of hydrogen-bond acceptors (Lipinski definition) is 2. The third-order valence-corrected chi connectivity index (χ3v) is 2.45. The van der Waals surface area contributed by atoms with E-state index >= 15 is 0 Å². The Morgan fingerprint density at radius 3 is 3.06 bits per heavy atom. The standard InChI is InChI=1S/C13H15N3O/c1-2-5-13(17)14-9-8-12-15-10-6-3-4-7-11(10)16-12/h2-4,6-7H,1,5,8-9H2,(H,14,17)(H,15,16). The fourth-order valence-corrected chi connectivity index (χ4v) is 1.65. The molecule has 0 bridgehead atoms. The number of imidazole rings is 1. The Morgan fingerprint density at radius 2 is 2.29 bits per heavy atom. The molecule has 2 N–H and O–H groups in total. The molecule has 0 aliphatic carbocycles. The molecule has 1 aromatic carbocycles. The molecule has 0 fully saturated rings. The molecule has 2 aromatic rings. The van der Waals surface area contributed by atoms with Crippen LogP contribution >= 0.6 is 0 Å². The molecule has 1 amide bonds. The maximum atomic E-state index is 11.2. The van der Waals surface area contributed by atoms with Crippen LogP contribution < -0.4 is 5.32 Å². The van der Waals surface area contributed by atoms with Crippen molar-refractivity contribution in [1.29, 1.82) is 0 Å². The number of fused-ring (bicyclic) bond motifs is 1. The van der Waals surface area contributed by atoms with E-state index in [2.05, 4.69) is 21.9 Å². The summed E-state index contributed by atoms with van der Waals surface area (Å²) in [6.07, 6.45) is 2.66. The number of carbonyl (C=O) groups is 1. The molecule has 1 heterocycles. The van der Waals surface area contributed by atoms with E-state index in [9.17, 15) is 4.79 Å². The summed E-state index contributed by atoms with van der Waals surface area (Å²) in [5, 5.41) is 2.81. The highest BCUT2D eigenvalue weighted by molar-refractivity contribution is 5.77. The lowest BCUT2D eigenvalue weighted by molar-refractivity contribution is -0.120. The van der Waals surface area contributed by atoms with Crippen molar-refractivity contribution in [3.05, 3.63) is 42.7 Å². The largest absolute Gasteiger partial charge is 0.355 e. The van der Waals surface area contributed by atoms with Gasteiger partial charge in [-0.2, -0.15) is 0 Å². The van der Waals surface area contributed by atoms with E-state index in [0.29, 0.717) is 19.4 Å². The Labute approximate surface area is 99.8 Å². The second kappa shape index (κ2) is 5.30. The van der Waals surface area contributed by atoms with Crippen molar-refractivity contribution in [2.24, 2.45) is 0 Å². The van der Waals surface area contributed by atoms with E-state index in [-0.39, 0.29) is 5.91 Å². The van der Waals surface area contributed by atoms with Gasteiger partial charge >= 0.3 is 0 Å². The van der Waals surface area contributed by atoms with Crippen LogP contribution in [0.15, 0.2) is 36.9 Å². The molecule has 0 spiro atoms. The summed E-state index contributed by atoms with van der Waals surface area (Å²) in [5.41, 5.74) is 1.99. The van der Waals surface area contributed by atoms with Gasteiger partial charge in [-0.25, -0.2) is 4.98 Å². The molecule has 0 aliphatic rings. The van der Waals surface area contributed by atoms with Gasteiger partial charge in [-0.15, -0.1) is 6.58 Å². The van der Waals surface area contributed by atoms with Crippen LogP contribution in [-0.2, 0) is 11.2 Å². The minimum absolute atomic E-state index is 0.00360. The highest BCUT2D eigenvalue weighted by Crippen LogP contribution is 2.10. The first kappa shape index (κ1) is 11.4. The second-order valence-corrected chi connectivity index (χ2v) is 3.79. The summed E-state index contributed by atoms with van der Waals surface area (Å²) >= 11 is 0. The molecule has 4 heteroatoms. The molecular weight excluding hydrogens is 214 g/mol. The van der Waals surface area contributed by atoms with Crippen molar-refractivity contribution in [3.8, 4) is 0 Å². The van der Waals surface area contributed by atoms with E-state index in [1.807, 2.05) is 24.3 Å². The van der Waals surface area contributed by atoms with E-state index in [0.717, 1.165) is 16.9 Å². The summed E-state index contributed by atoms with van der Waals surface area (Å²) in [4.78, 5) is 18.8. The molecule has 4 nitrogen and oxygen atoms in total. The number of amides is 1. The number of aromatic amines is 1. The Bertz CT molecular complexity index is 497. The first-order valence-corrected chi connectivity index (χ1v) is 5.61. The van der Waals surface area contributed by atoms with E-state index in [4.69, 9.17) is 0 Å². The summed E-state index contributed by atoms with van der Waals surface area (Å²) in [7, 11) is 0. The van der Waals surface area contributed by atoms with Gasteiger partial charge in [-0.3, -0.25) is 4.79 Å². The minimum atomic E-state index is -0.00360. The topological polar surface area (TPSA) is 57.8 Å². The molecule has 2 rings (SSSR count). The van der Waals surface area contributed by atoms with Crippen LogP contribution in [0.5, 0.6) is 0 Å². The third kappa shape index (κ3) is 2.93. The van der Waals surface area contributed by atoms with Gasteiger partial charge in [0.2, 0.25) is 5.91 Å². The highest BCUT2D eigenvalue weighted by atomic mass is 16.1. The lowest BCUT2D eigenvalue weighted by atomic mass is 10.3. The smallest absolute Gasteiger partial charge is 0.223 e. The molecular formula is C13H15N3O. The van der Waals surface area contributed by atoms with Crippen LogP contribution in [0.4, 0.5) is 0 Å². The van der Waals surface area contributed by atoms with Crippen molar-refractivity contribution in [1.82, 2.24) is 15.3 Å². The van der Waals surface area contributed by atoms with Gasteiger partial charge in [0.05, 0.1) is 11.0 Å². The van der Waals surface area contributed by atoms with Crippen LogP contribution in [0, 0.1) is 0 Å². The van der Waals surface area contributed by atoms with Gasteiger partial charge in [0, 0.05) is 19.4 Å². The highest BCUT2D eigenvalue weighted by Gasteiger charge is 2.02. The number of carbonyl (C=O) groups excluding carboxylic acids is 1. The van der Waals surface area contributed by atoms with E-state index < -0.39 is 0 Å². The maximum absolute atomic E-state index is 11.2. The molecule has 17 heavy (non-hydrogen) atoms. The number of hydrogen-bond donors (Lipinski definition) is 2. The molecule has 0 saturated heterocycles. The molecule has 0 unspecified atom stereocenters. The van der Waals surface area contributed by atoms with Gasteiger partial charge < -0.3 is 10.3 Å². The zero-order valence-electron chi connectivity index (χ0n) is 9.57. The fraction of sp³-hybridized carbons (Fsp3) is 0.231. The van der Waals surface area contributed by atoms with Crippen molar-refractivity contribution >= 4 is 16.9 Å². The van der Waals surface area contributed by atoms with E-state index in [1.165, 1.54) is 0 Å². The number of benzene rings is 1. The lowest BCUT2D eigenvalue weighted by Crippen LogP contribution is -2.25. The average molecular weight is 229 g/mol. The Morgan fingerprint density at radius 1 is 1.47 bits per heavy atom. The second-order valence-electron chi connectivity index (χ2n) is 3.79. The lowest BCUT2D eigenvalue weighted by Gasteiger charge is -2.00. The van der Waals surface area contributed by atoms with Gasteiger partial charge in [-0.05, 0) is 12.1 Å². The van der Waals surface area contributed by atoms with Crippen molar-refractivity contribution in [2.75, 3.05) is 6.54 Å². The number of aromatic nitrogens is 2. The quantitative estimate of drug-likeness (QED) is 0.768. The Balaban J connectivity index is 1.91. The molecule has 1 aromatic heterocycles. The van der Waals surface area contributed by atoms with Crippen LogP contribution in [0.2, 0.25) is 0 Å². The predicted molar refractivity (Wildman–Crippen MR) is 67.6 cm³/mol. The van der Waals surface area contributed by atoms with Crippen LogP contribution in [0.1, 0.15) is 12.2 Å². The maximum Gasteiger partial charge on any atom is 0.223 e. The van der Waals surface area contributed by atoms with Crippen LogP contribution in [0.25, 0.3) is 11.0 Å². The molecule has 0 aliphatic heterocycles. The first-order valence-electron chi connectivity index (χ1n) is 5.61. The van der Waals surface area contributed by atoms with Gasteiger partial charge in [-0.1, -0.05) is 18.2 Å².